The summed E-state index contributed by atoms with van der Waals surface area (Å²) in [7, 11) is 0. The van der Waals surface area contributed by atoms with E-state index in [4.69, 9.17) is 0 Å². The molecule has 5 unspecified atom stereocenters. The van der Waals surface area contributed by atoms with Crippen molar-refractivity contribution in [1.82, 2.24) is 10.2 Å². The Morgan fingerprint density at radius 1 is 0.857 bits per heavy atom. The molecule has 2 saturated carbocycles. The van der Waals surface area contributed by atoms with Gasteiger partial charge in [-0.2, -0.15) is 0 Å². The molecular formula is C18H30N2O. The molecule has 2 aliphatic heterocycles. The van der Waals surface area contributed by atoms with E-state index in [2.05, 4.69) is 10.2 Å². The Morgan fingerprint density at radius 3 is 2.43 bits per heavy atom. The highest BCUT2D eigenvalue weighted by Gasteiger charge is 2.43. The Balaban J connectivity index is 1.44. The number of carbonyl (C=O) groups excluding carboxylic acids is 1. The van der Waals surface area contributed by atoms with Crippen LogP contribution in [-0.2, 0) is 4.79 Å². The van der Waals surface area contributed by atoms with Crippen molar-refractivity contribution in [1.29, 1.82) is 0 Å². The van der Waals surface area contributed by atoms with E-state index in [1.165, 1.54) is 64.2 Å². The van der Waals surface area contributed by atoms with Crippen molar-refractivity contribution in [3.8, 4) is 0 Å². The summed E-state index contributed by atoms with van der Waals surface area (Å²) in [5, 5.41) is 3.69. The van der Waals surface area contributed by atoms with Crippen LogP contribution in [-0.4, -0.2) is 35.5 Å². The monoisotopic (exact) mass is 290 g/mol. The molecule has 0 aromatic heterocycles. The third-order valence-electron chi connectivity index (χ3n) is 6.69. The Bertz CT molecular complexity index is 381. The van der Waals surface area contributed by atoms with Crippen molar-refractivity contribution >= 4 is 5.91 Å². The Labute approximate surface area is 128 Å². The number of hydrogen-bond acceptors (Lipinski definition) is 2. The quantitative estimate of drug-likeness (QED) is 0.805. The zero-order valence-electron chi connectivity index (χ0n) is 13.2. The van der Waals surface area contributed by atoms with Gasteiger partial charge in [0.05, 0.1) is 6.04 Å². The molecule has 3 nitrogen and oxygen atoms in total. The molecule has 2 heterocycles. The van der Waals surface area contributed by atoms with Crippen LogP contribution in [0.4, 0.5) is 0 Å². The zero-order valence-corrected chi connectivity index (χ0v) is 13.2. The van der Waals surface area contributed by atoms with E-state index in [0.717, 1.165) is 24.8 Å². The van der Waals surface area contributed by atoms with Crippen LogP contribution >= 0.6 is 0 Å². The molecule has 3 heteroatoms. The predicted octanol–water partition coefficient (Wildman–Crippen LogP) is 3.09. The largest absolute Gasteiger partial charge is 0.338 e. The van der Waals surface area contributed by atoms with Crippen LogP contribution in [0.3, 0.4) is 0 Å². The highest BCUT2D eigenvalue weighted by atomic mass is 16.2. The summed E-state index contributed by atoms with van der Waals surface area (Å²) < 4.78 is 0. The summed E-state index contributed by atoms with van der Waals surface area (Å²) in [5.74, 6) is 2.03. The minimum absolute atomic E-state index is 0.138. The normalized spacial score (nSPS) is 43.2. The van der Waals surface area contributed by atoms with Crippen molar-refractivity contribution in [3.63, 3.8) is 0 Å². The lowest BCUT2D eigenvalue weighted by Crippen LogP contribution is -2.54. The first-order valence-corrected chi connectivity index (χ1v) is 9.39. The van der Waals surface area contributed by atoms with Crippen LogP contribution in [0.2, 0.25) is 0 Å². The summed E-state index contributed by atoms with van der Waals surface area (Å²) in [6.45, 7) is 1.02. The maximum atomic E-state index is 13.1. The fraction of sp³-hybridized carbons (Fsp3) is 0.944. The molecule has 2 saturated heterocycles. The standard InChI is InChI=1S/C18H30N2O/c21-18(16-12-14-7-1-3-9-15(14)19-16)20-11-5-8-13-6-2-4-10-17(13)20/h13-17,19H,1-12H2. The smallest absolute Gasteiger partial charge is 0.239 e. The summed E-state index contributed by atoms with van der Waals surface area (Å²) >= 11 is 0. The van der Waals surface area contributed by atoms with Gasteiger partial charge in [0.2, 0.25) is 5.91 Å². The van der Waals surface area contributed by atoms with E-state index in [-0.39, 0.29) is 6.04 Å². The summed E-state index contributed by atoms with van der Waals surface area (Å²) in [6.07, 6.45) is 14.4. The number of amides is 1. The molecule has 5 atom stereocenters. The molecule has 4 fully saturated rings. The second-order valence-electron chi connectivity index (χ2n) is 7.89. The number of likely N-dealkylation sites (tertiary alicyclic amines) is 1. The van der Waals surface area contributed by atoms with Gasteiger partial charge in [-0.25, -0.2) is 0 Å². The molecule has 4 aliphatic rings. The molecule has 1 amide bonds. The molecule has 21 heavy (non-hydrogen) atoms. The number of nitrogens with one attached hydrogen (secondary N) is 1. The number of rotatable bonds is 1. The topological polar surface area (TPSA) is 32.3 Å². The van der Waals surface area contributed by atoms with Gasteiger partial charge >= 0.3 is 0 Å². The average molecular weight is 290 g/mol. The van der Waals surface area contributed by atoms with Crippen LogP contribution in [0, 0.1) is 11.8 Å². The molecule has 1 N–H and O–H groups in total. The molecule has 2 aliphatic carbocycles. The highest BCUT2D eigenvalue weighted by molar-refractivity contribution is 5.82. The second-order valence-corrected chi connectivity index (χ2v) is 7.89. The van der Waals surface area contributed by atoms with Crippen molar-refractivity contribution in [2.45, 2.75) is 88.8 Å². The minimum atomic E-state index is 0.138. The third kappa shape index (κ3) is 2.62. The first kappa shape index (κ1) is 14.0. The van der Waals surface area contributed by atoms with Crippen LogP contribution in [0.5, 0.6) is 0 Å². The third-order valence-corrected chi connectivity index (χ3v) is 6.69. The van der Waals surface area contributed by atoms with Crippen LogP contribution < -0.4 is 5.32 Å². The molecule has 118 valence electrons. The minimum Gasteiger partial charge on any atom is -0.338 e. The molecule has 0 aromatic carbocycles. The fourth-order valence-electron chi connectivity index (χ4n) is 5.61. The van der Waals surface area contributed by atoms with Crippen molar-refractivity contribution < 1.29 is 4.79 Å². The number of fused-ring (bicyclic) bond motifs is 2. The van der Waals surface area contributed by atoms with Gasteiger partial charge in [-0.3, -0.25) is 4.79 Å². The summed E-state index contributed by atoms with van der Waals surface area (Å²) in [6, 6.07) is 1.35. The Kier molecular flexibility index (Phi) is 3.95. The van der Waals surface area contributed by atoms with Crippen LogP contribution in [0.1, 0.15) is 70.6 Å². The number of carbonyl (C=O) groups is 1. The van der Waals surface area contributed by atoms with Gasteiger partial charge < -0.3 is 10.2 Å². The van der Waals surface area contributed by atoms with Gasteiger partial charge in [-0.15, -0.1) is 0 Å². The van der Waals surface area contributed by atoms with Crippen molar-refractivity contribution in [2.24, 2.45) is 11.8 Å². The molecule has 0 bridgehead atoms. The maximum Gasteiger partial charge on any atom is 0.239 e. The van der Waals surface area contributed by atoms with E-state index in [9.17, 15) is 4.79 Å². The van der Waals surface area contributed by atoms with E-state index in [1.54, 1.807) is 0 Å². The Morgan fingerprint density at radius 2 is 1.57 bits per heavy atom. The zero-order chi connectivity index (χ0) is 14.2. The fourth-order valence-corrected chi connectivity index (χ4v) is 5.61. The van der Waals surface area contributed by atoms with Crippen LogP contribution in [0.25, 0.3) is 0 Å². The number of piperidine rings is 1. The molecule has 4 rings (SSSR count). The van der Waals surface area contributed by atoms with Gasteiger partial charge in [0.25, 0.3) is 0 Å². The molecule has 0 radical (unpaired) electrons. The van der Waals surface area contributed by atoms with E-state index in [0.29, 0.717) is 18.0 Å². The lowest BCUT2D eigenvalue weighted by molar-refractivity contribution is -0.139. The Hall–Kier alpha value is -0.570. The lowest BCUT2D eigenvalue weighted by atomic mass is 9.78. The summed E-state index contributed by atoms with van der Waals surface area (Å²) in [4.78, 5) is 15.4. The van der Waals surface area contributed by atoms with Gasteiger partial charge in [0.15, 0.2) is 0 Å². The summed E-state index contributed by atoms with van der Waals surface area (Å²) in [5.41, 5.74) is 0. The van der Waals surface area contributed by atoms with Gasteiger partial charge in [0, 0.05) is 18.6 Å². The molecular weight excluding hydrogens is 260 g/mol. The van der Waals surface area contributed by atoms with E-state index in [1.807, 2.05) is 0 Å². The van der Waals surface area contributed by atoms with E-state index < -0.39 is 0 Å². The van der Waals surface area contributed by atoms with Crippen molar-refractivity contribution in [3.05, 3.63) is 0 Å². The SMILES string of the molecule is O=C(C1CC2CCCCC2N1)N1CCCC2CCCCC21. The lowest BCUT2D eigenvalue weighted by Gasteiger charge is -2.45. The average Bonchev–Trinajstić information content (AvgIpc) is 2.97. The van der Waals surface area contributed by atoms with Crippen molar-refractivity contribution in [2.75, 3.05) is 6.54 Å². The number of nitrogens with zero attached hydrogens (tertiary/aromatic N) is 1. The maximum absolute atomic E-state index is 13.1. The highest BCUT2D eigenvalue weighted by Crippen LogP contribution is 2.38. The predicted molar refractivity (Wildman–Crippen MR) is 84.0 cm³/mol. The number of hydrogen-bond donors (Lipinski definition) is 1. The molecule has 0 spiro atoms. The first-order chi connectivity index (χ1) is 10.3. The second kappa shape index (κ2) is 5.91. The van der Waals surface area contributed by atoms with Gasteiger partial charge in [0.1, 0.15) is 0 Å². The van der Waals surface area contributed by atoms with E-state index >= 15 is 0 Å². The van der Waals surface area contributed by atoms with Crippen LogP contribution in [0.15, 0.2) is 0 Å². The van der Waals surface area contributed by atoms with Gasteiger partial charge in [-0.05, 0) is 56.8 Å². The van der Waals surface area contributed by atoms with Gasteiger partial charge in [-0.1, -0.05) is 25.7 Å². The first-order valence-electron chi connectivity index (χ1n) is 9.39. The molecule has 0 aromatic rings.